The number of anilines is 1. The third-order valence-corrected chi connectivity index (χ3v) is 6.27. The number of hydrogen-bond acceptors (Lipinski definition) is 3. The van der Waals surface area contributed by atoms with Crippen molar-refractivity contribution in [3.63, 3.8) is 0 Å². The second-order valence-electron chi connectivity index (χ2n) is 8.11. The van der Waals surface area contributed by atoms with Gasteiger partial charge in [0.15, 0.2) is 0 Å². The molecule has 2 amide bonds. The van der Waals surface area contributed by atoms with Crippen LogP contribution in [0.15, 0.2) is 48.5 Å². The monoisotopic (exact) mass is 392 g/mol. The molecular weight excluding hydrogens is 368 g/mol. The van der Waals surface area contributed by atoms with E-state index in [0.717, 1.165) is 18.4 Å². The molecule has 4 rings (SSSR count). The first kappa shape index (κ1) is 19.2. The van der Waals surface area contributed by atoms with Gasteiger partial charge >= 0.3 is 5.97 Å². The fourth-order valence-electron chi connectivity index (χ4n) is 4.72. The van der Waals surface area contributed by atoms with Crippen LogP contribution < -0.4 is 5.32 Å². The van der Waals surface area contributed by atoms with Crippen molar-refractivity contribution in [3.05, 3.63) is 65.2 Å². The molecule has 1 saturated carbocycles. The highest BCUT2D eigenvalue weighted by Crippen LogP contribution is 2.49. The van der Waals surface area contributed by atoms with Crippen LogP contribution >= 0.6 is 0 Å². The van der Waals surface area contributed by atoms with E-state index >= 15 is 0 Å². The van der Waals surface area contributed by atoms with Crippen molar-refractivity contribution in [1.82, 2.24) is 4.90 Å². The van der Waals surface area contributed by atoms with E-state index in [0.29, 0.717) is 29.8 Å². The number of hydrogen-bond donors (Lipinski definition) is 2. The number of carboxylic acid groups (broad SMARTS) is 1. The van der Waals surface area contributed by atoms with E-state index in [1.807, 2.05) is 19.1 Å². The van der Waals surface area contributed by atoms with Crippen LogP contribution in [0.2, 0.25) is 0 Å². The molecule has 2 aromatic rings. The molecule has 0 spiro atoms. The Hall–Kier alpha value is -3.15. The Labute approximate surface area is 169 Å². The maximum absolute atomic E-state index is 13.2. The second-order valence-corrected chi connectivity index (χ2v) is 8.11. The van der Waals surface area contributed by atoms with Gasteiger partial charge in [0, 0.05) is 18.7 Å². The summed E-state index contributed by atoms with van der Waals surface area (Å²) in [5, 5.41) is 12.6. The number of carbonyl (C=O) groups is 3. The number of aliphatic carboxylic acids is 1. The number of aryl methyl sites for hydroxylation is 1. The van der Waals surface area contributed by atoms with Crippen molar-refractivity contribution in [1.29, 1.82) is 0 Å². The average Bonchev–Trinajstić information content (AvgIpc) is 3.26. The molecule has 0 unspecified atom stereocenters. The molecule has 1 aliphatic heterocycles. The molecule has 150 valence electrons. The second kappa shape index (κ2) is 7.35. The summed E-state index contributed by atoms with van der Waals surface area (Å²) in [6.45, 7) is 2.59. The maximum atomic E-state index is 13.2. The van der Waals surface area contributed by atoms with Gasteiger partial charge in [-0.05, 0) is 49.9 Å². The quantitative estimate of drug-likeness (QED) is 0.833. The van der Waals surface area contributed by atoms with E-state index in [4.69, 9.17) is 0 Å². The lowest BCUT2D eigenvalue weighted by Crippen LogP contribution is -2.37. The van der Waals surface area contributed by atoms with Crippen LogP contribution in [0.25, 0.3) is 0 Å². The number of benzene rings is 2. The van der Waals surface area contributed by atoms with Crippen molar-refractivity contribution in [3.8, 4) is 0 Å². The Bertz CT molecular complexity index is 986. The molecule has 2 atom stereocenters. The molecule has 0 radical (unpaired) electrons. The van der Waals surface area contributed by atoms with Crippen LogP contribution in [-0.4, -0.2) is 40.9 Å². The predicted molar refractivity (Wildman–Crippen MR) is 109 cm³/mol. The number of rotatable bonds is 4. The van der Waals surface area contributed by atoms with Crippen molar-refractivity contribution < 1.29 is 19.5 Å². The molecule has 1 aliphatic carbocycles. The molecule has 2 aromatic carbocycles. The molecule has 6 heteroatoms. The topological polar surface area (TPSA) is 86.7 Å². The molecule has 0 bridgehead atoms. The number of likely N-dealkylation sites (tertiary alicyclic amines) is 1. The van der Waals surface area contributed by atoms with Gasteiger partial charge < -0.3 is 15.3 Å². The summed E-state index contributed by atoms with van der Waals surface area (Å²) in [6.07, 6.45) is 2.34. The van der Waals surface area contributed by atoms with E-state index in [1.165, 1.54) is 0 Å². The van der Waals surface area contributed by atoms with Crippen LogP contribution in [0, 0.1) is 18.3 Å². The first-order valence-corrected chi connectivity index (χ1v) is 9.90. The minimum Gasteiger partial charge on any atom is -0.481 e. The van der Waals surface area contributed by atoms with Crippen LogP contribution in [0.5, 0.6) is 0 Å². The lowest BCUT2D eigenvalue weighted by molar-refractivity contribution is -0.149. The highest BCUT2D eigenvalue weighted by Gasteiger charge is 2.55. The summed E-state index contributed by atoms with van der Waals surface area (Å²) in [5.74, 6) is -1.33. The molecule has 1 heterocycles. The van der Waals surface area contributed by atoms with Crippen LogP contribution in [0.4, 0.5) is 5.69 Å². The Morgan fingerprint density at radius 2 is 1.93 bits per heavy atom. The van der Waals surface area contributed by atoms with E-state index in [2.05, 4.69) is 5.32 Å². The van der Waals surface area contributed by atoms with Crippen molar-refractivity contribution in [2.45, 2.75) is 26.2 Å². The fourth-order valence-corrected chi connectivity index (χ4v) is 4.72. The third kappa shape index (κ3) is 3.39. The molecule has 2 N–H and O–H groups in total. The zero-order chi connectivity index (χ0) is 20.6. The van der Waals surface area contributed by atoms with Gasteiger partial charge in [-0.1, -0.05) is 36.2 Å². The lowest BCUT2D eigenvalue weighted by atomic mass is 9.81. The maximum Gasteiger partial charge on any atom is 0.311 e. The van der Waals surface area contributed by atoms with E-state index < -0.39 is 11.4 Å². The number of fused-ring (bicyclic) bond motifs is 1. The van der Waals surface area contributed by atoms with Crippen molar-refractivity contribution >= 4 is 23.5 Å². The largest absolute Gasteiger partial charge is 0.481 e. The molecule has 2 fully saturated rings. The van der Waals surface area contributed by atoms with Gasteiger partial charge in [-0.25, -0.2) is 0 Å². The van der Waals surface area contributed by atoms with Crippen LogP contribution in [0.3, 0.4) is 0 Å². The normalized spacial score (nSPS) is 22.9. The minimum absolute atomic E-state index is 0.00185. The third-order valence-electron chi connectivity index (χ3n) is 6.27. The van der Waals surface area contributed by atoms with E-state index in [-0.39, 0.29) is 24.3 Å². The zero-order valence-corrected chi connectivity index (χ0v) is 16.4. The Balaban J connectivity index is 1.56. The van der Waals surface area contributed by atoms with Gasteiger partial charge in [0.1, 0.15) is 0 Å². The number of nitrogens with one attached hydrogen (secondary N) is 1. The number of carbonyl (C=O) groups excluding carboxylic acids is 2. The van der Waals surface area contributed by atoms with Gasteiger partial charge in [-0.3, -0.25) is 14.4 Å². The van der Waals surface area contributed by atoms with Gasteiger partial charge in [0.05, 0.1) is 16.7 Å². The highest BCUT2D eigenvalue weighted by atomic mass is 16.4. The molecular formula is C23H24N2O4. The zero-order valence-electron chi connectivity index (χ0n) is 16.4. The smallest absolute Gasteiger partial charge is 0.311 e. The van der Waals surface area contributed by atoms with E-state index in [9.17, 15) is 19.5 Å². The van der Waals surface area contributed by atoms with Crippen molar-refractivity contribution in [2.75, 3.05) is 18.4 Å². The summed E-state index contributed by atoms with van der Waals surface area (Å²) in [5.41, 5.74) is 1.49. The van der Waals surface area contributed by atoms with Gasteiger partial charge in [-0.2, -0.15) is 0 Å². The van der Waals surface area contributed by atoms with Crippen LogP contribution in [-0.2, 0) is 4.79 Å². The fraction of sp³-hybridized carbons (Fsp3) is 0.348. The Kier molecular flexibility index (Phi) is 4.86. The molecule has 29 heavy (non-hydrogen) atoms. The lowest BCUT2D eigenvalue weighted by Gasteiger charge is -2.23. The van der Waals surface area contributed by atoms with Gasteiger partial charge in [0.2, 0.25) is 0 Å². The van der Waals surface area contributed by atoms with Crippen LogP contribution in [0.1, 0.15) is 45.5 Å². The Morgan fingerprint density at radius 1 is 1.14 bits per heavy atom. The minimum atomic E-state index is -0.824. The number of para-hydroxylation sites is 1. The summed E-state index contributed by atoms with van der Waals surface area (Å²) < 4.78 is 0. The SMILES string of the molecule is Cc1cccc(C(=O)Nc2ccccc2C(=O)N2C[C@@H]3CCC[C@@]3(C(=O)O)C2)c1. The summed E-state index contributed by atoms with van der Waals surface area (Å²) in [4.78, 5) is 39.4. The highest BCUT2D eigenvalue weighted by molar-refractivity contribution is 6.09. The standard InChI is InChI=1S/C23H24N2O4/c1-15-6-4-7-16(12-15)20(26)24-19-10-3-2-9-18(19)21(27)25-13-17-8-5-11-23(17,14-25)22(28)29/h2-4,6-7,9-10,12,17H,5,8,11,13-14H2,1H3,(H,24,26)(H,28,29)/t17-,23+/m0/s1. The molecule has 0 aromatic heterocycles. The summed E-state index contributed by atoms with van der Waals surface area (Å²) in [6, 6.07) is 14.1. The average molecular weight is 392 g/mol. The number of nitrogens with zero attached hydrogens (tertiary/aromatic N) is 1. The summed E-state index contributed by atoms with van der Waals surface area (Å²) in [7, 11) is 0. The van der Waals surface area contributed by atoms with E-state index in [1.54, 1.807) is 41.3 Å². The first-order valence-electron chi connectivity index (χ1n) is 9.90. The molecule has 2 aliphatic rings. The van der Waals surface area contributed by atoms with Crippen molar-refractivity contribution in [2.24, 2.45) is 11.3 Å². The first-order chi connectivity index (χ1) is 13.9. The predicted octanol–water partition coefficient (Wildman–Crippen LogP) is 3.57. The van der Waals surface area contributed by atoms with Gasteiger partial charge in [0.25, 0.3) is 11.8 Å². The summed E-state index contributed by atoms with van der Waals surface area (Å²) >= 11 is 0. The molecule has 6 nitrogen and oxygen atoms in total. The number of amides is 2. The number of carboxylic acids is 1. The Morgan fingerprint density at radius 3 is 2.66 bits per heavy atom. The van der Waals surface area contributed by atoms with Gasteiger partial charge in [-0.15, -0.1) is 0 Å². The molecule has 1 saturated heterocycles.